The van der Waals surface area contributed by atoms with Crippen molar-refractivity contribution in [1.82, 2.24) is 4.90 Å². The third kappa shape index (κ3) is 4.05. The number of ether oxygens (including phenoxy) is 2. The summed E-state index contributed by atoms with van der Waals surface area (Å²) in [5, 5.41) is 10.9. The molecule has 0 amide bonds. The highest BCUT2D eigenvalue weighted by Crippen LogP contribution is 2.45. The van der Waals surface area contributed by atoms with Crippen molar-refractivity contribution in [3.8, 4) is 22.8 Å². The van der Waals surface area contributed by atoms with Crippen molar-refractivity contribution in [2.75, 3.05) is 53.4 Å². The summed E-state index contributed by atoms with van der Waals surface area (Å²) < 4.78 is 17.7. The van der Waals surface area contributed by atoms with E-state index in [1.807, 2.05) is 38.2 Å². The van der Waals surface area contributed by atoms with Gasteiger partial charge in [0.15, 0.2) is 5.43 Å². The van der Waals surface area contributed by atoms with Gasteiger partial charge in [0.05, 0.1) is 25.8 Å². The lowest BCUT2D eigenvalue weighted by molar-refractivity contribution is 0.171. The molecule has 33 heavy (non-hydrogen) atoms. The zero-order chi connectivity index (χ0) is 23.9. The quantitative estimate of drug-likeness (QED) is 0.581. The van der Waals surface area contributed by atoms with Gasteiger partial charge in [-0.1, -0.05) is 11.6 Å². The van der Waals surface area contributed by atoms with Gasteiger partial charge in [0.2, 0.25) is 0 Å². The number of benzene rings is 2. The second-order valence-corrected chi connectivity index (χ2v) is 8.97. The van der Waals surface area contributed by atoms with E-state index in [0.717, 1.165) is 24.2 Å². The maximum absolute atomic E-state index is 13.4. The lowest BCUT2D eigenvalue weighted by atomic mass is 9.89. The summed E-state index contributed by atoms with van der Waals surface area (Å²) in [6.45, 7) is 0.797. The van der Waals surface area contributed by atoms with E-state index in [9.17, 15) is 9.90 Å². The fourth-order valence-electron chi connectivity index (χ4n) is 4.70. The fourth-order valence-corrected chi connectivity index (χ4v) is 4.91. The molecule has 0 aliphatic carbocycles. The standard InChI is InChI=1S/C25H29ClN2O5/c1-27(2)14-6-7-17(26)16(10-14)20-11-19(30)24-22(32-5)12-21(31-4)23(25(24)33-20)15-8-9-28(3)18(15)13-29/h6-7,10-12,15,18,29H,8-9,13H2,1-5H3/t15-,18+/m1/s1. The number of hydrogen-bond donors (Lipinski definition) is 1. The predicted octanol–water partition coefficient (Wildman–Crippen LogP) is 3.98. The molecule has 3 aromatic rings. The van der Waals surface area contributed by atoms with Gasteiger partial charge >= 0.3 is 0 Å². The monoisotopic (exact) mass is 472 g/mol. The molecule has 4 rings (SSSR count). The van der Waals surface area contributed by atoms with Crippen LogP contribution in [0, 0.1) is 0 Å². The largest absolute Gasteiger partial charge is 0.496 e. The van der Waals surface area contributed by atoms with Crippen molar-refractivity contribution in [3.63, 3.8) is 0 Å². The maximum atomic E-state index is 13.4. The van der Waals surface area contributed by atoms with Crippen molar-refractivity contribution in [1.29, 1.82) is 0 Å². The molecule has 1 saturated heterocycles. The van der Waals surface area contributed by atoms with Crippen LogP contribution in [0.3, 0.4) is 0 Å². The molecular formula is C25H29ClN2O5. The van der Waals surface area contributed by atoms with Crippen LogP contribution in [-0.2, 0) is 0 Å². The first-order valence-electron chi connectivity index (χ1n) is 10.8. The smallest absolute Gasteiger partial charge is 0.197 e. The molecular weight excluding hydrogens is 444 g/mol. The normalized spacial score (nSPS) is 18.6. The van der Waals surface area contributed by atoms with Gasteiger partial charge in [0.25, 0.3) is 0 Å². The van der Waals surface area contributed by atoms with Gasteiger partial charge < -0.3 is 28.8 Å². The first-order valence-corrected chi connectivity index (χ1v) is 11.2. The predicted molar refractivity (Wildman–Crippen MR) is 131 cm³/mol. The van der Waals surface area contributed by atoms with Crippen LogP contribution in [0.1, 0.15) is 17.9 Å². The van der Waals surface area contributed by atoms with Crippen LogP contribution < -0.4 is 19.8 Å². The van der Waals surface area contributed by atoms with Gasteiger partial charge in [-0.3, -0.25) is 4.79 Å². The van der Waals surface area contributed by atoms with Crippen molar-refractivity contribution >= 4 is 28.3 Å². The maximum Gasteiger partial charge on any atom is 0.197 e. The average molecular weight is 473 g/mol. The summed E-state index contributed by atoms with van der Waals surface area (Å²) in [4.78, 5) is 17.4. The Hall–Kier alpha value is -2.74. The minimum Gasteiger partial charge on any atom is -0.496 e. The van der Waals surface area contributed by atoms with Crippen LogP contribution in [0.25, 0.3) is 22.3 Å². The molecule has 1 aliphatic heterocycles. The number of nitrogens with zero attached hydrogens (tertiary/aromatic N) is 2. The van der Waals surface area contributed by atoms with Gasteiger partial charge in [0, 0.05) is 55.0 Å². The Morgan fingerprint density at radius 1 is 1.18 bits per heavy atom. The summed E-state index contributed by atoms with van der Waals surface area (Å²) in [5.74, 6) is 1.23. The van der Waals surface area contributed by atoms with Gasteiger partial charge in [-0.05, 0) is 38.2 Å². The average Bonchev–Trinajstić information content (AvgIpc) is 3.17. The van der Waals surface area contributed by atoms with Crippen molar-refractivity contribution in [2.45, 2.75) is 18.4 Å². The van der Waals surface area contributed by atoms with E-state index in [4.69, 9.17) is 25.5 Å². The molecule has 2 aromatic carbocycles. The van der Waals surface area contributed by atoms with E-state index in [-0.39, 0.29) is 24.0 Å². The number of methoxy groups -OCH3 is 2. The Labute approximate surface area is 198 Å². The summed E-state index contributed by atoms with van der Waals surface area (Å²) in [5.41, 5.74) is 2.48. The van der Waals surface area contributed by atoms with Crippen molar-refractivity contribution in [3.05, 3.63) is 51.1 Å². The topological polar surface area (TPSA) is 75.4 Å². The third-order valence-electron chi connectivity index (χ3n) is 6.52. The molecule has 1 aromatic heterocycles. The zero-order valence-corrected chi connectivity index (χ0v) is 20.3. The van der Waals surface area contributed by atoms with Gasteiger partial charge in [-0.25, -0.2) is 0 Å². The van der Waals surface area contributed by atoms with E-state index in [0.29, 0.717) is 38.8 Å². The molecule has 2 atom stereocenters. The third-order valence-corrected chi connectivity index (χ3v) is 6.85. The number of halogens is 1. The number of fused-ring (bicyclic) bond motifs is 1. The Morgan fingerprint density at radius 3 is 2.55 bits per heavy atom. The molecule has 0 radical (unpaired) electrons. The van der Waals surface area contributed by atoms with Crippen molar-refractivity contribution in [2.24, 2.45) is 0 Å². The Morgan fingerprint density at radius 2 is 1.91 bits per heavy atom. The molecule has 176 valence electrons. The second-order valence-electron chi connectivity index (χ2n) is 8.56. The summed E-state index contributed by atoms with van der Waals surface area (Å²) >= 11 is 6.52. The van der Waals surface area contributed by atoms with Crippen LogP contribution in [0.15, 0.2) is 39.5 Å². The van der Waals surface area contributed by atoms with Crippen LogP contribution in [0.5, 0.6) is 11.5 Å². The van der Waals surface area contributed by atoms with Gasteiger partial charge in [-0.15, -0.1) is 0 Å². The van der Waals surface area contributed by atoms with Gasteiger partial charge in [-0.2, -0.15) is 0 Å². The number of likely N-dealkylation sites (N-methyl/N-ethyl adjacent to an activating group) is 1. The molecule has 1 N–H and O–H groups in total. The molecule has 1 aliphatic rings. The summed E-state index contributed by atoms with van der Waals surface area (Å²) in [6, 6.07) is 8.64. The van der Waals surface area contributed by atoms with E-state index in [2.05, 4.69) is 4.90 Å². The molecule has 0 saturated carbocycles. The number of anilines is 1. The van der Waals surface area contributed by atoms with E-state index in [1.165, 1.54) is 13.2 Å². The Balaban J connectivity index is 2.05. The molecule has 8 heteroatoms. The van der Waals surface area contributed by atoms with Crippen LogP contribution in [-0.4, -0.2) is 64.6 Å². The van der Waals surface area contributed by atoms with Gasteiger partial charge in [0.1, 0.15) is 28.2 Å². The number of aliphatic hydroxyl groups is 1. The highest BCUT2D eigenvalue weighted by molar-refractivity contribution is 6.33. The highest BCUT2D eigenvalue weighted by Gasteiger charge is 2.37. The van der Waals surface area contributed by atoms with Crippen molar-refractivity contribution < 1.29 is 19.0 Å². The lowest BCUT2D eigenvalue weighted by Gasteiger charge is -2.25. The molecule has 0 unspecified atom stereocenters. The molecule has 1 fully saturated rings. The number of likely N-dealkylation sites (tertiary alicyclic amines) is 1. The number of rotatable bonds is 6. The summed E-state index contributed by atoms with van der Waals surface area (Å²) in [6.07, 6.45) is 0.796. The fraction of sp³-hybridized carbons (Fsp3) is 0.400. The van der Waals surface area contributed by atoms with E-state index in [1.54, 1.807) is 19.2 Å². The van der Waals surface area contributed by atoms with E-state index < -0.39 is 0 Å². The highest BCUT2D eigenvalue weighted by atomic mass is 35.5. The number of hydrogen-bond acceptors (Lipinski definition) is 7. The van der Waals surface area contributed by atoms with Crippen LogP contribution in [0.2, 0.25) is 5.02 Å². The molecule has 7 nitrogen and oxygen atoms in total. The minimum absolute atomic E-state index is 0.0154. The number of aliphatic hydroxyl groups excluding tert-OH is 1. The first-order chi connectivity index (χ1) is 15.8. The Kier molecular flexibility index (Phi) is 6.56. The first kappa shape index (κ1) is 23.4. The van der Waals surface area contributed by atoms with Crippen LogP contribution in [0.4, 0.5) is 5.69 Å². The minimum atomic E-state index is -0.231. The molecule has 2 heterocycles. The van der Waals surface area contributed by atoms with E-state index >= 15 is 0 Å². The Bertz CT molecular complexity index is 1240. The lowest BCUT2D eigenvalue weighted by Crippen LogP contribution is -2.32. The zero-order valence-electron chi connectivity index (χ0n) is 19.5. The summed E-state index contributed by atoms with van der Waals surface area (Å²) in [7, 11) is 8.94. The molecule has 0 bridgehead atoms. The van der Waals surface area contributed by atoms with Crippen LogP contribution >= 0.6 is 11.6 Å². The SMILES string of the molecule is COc1cc(OC)c2c(=O)cc(-c3cc(N(C)C)ccc3Cl)oc2c1[C@@H]1CCN(C)[C@H]1CO. The second kappa shape index (κ2) is 9.25. The molecule has 0 spiro atoms.